The molecule has 0 spiro atoms. The molecule has 2 heterocycles. The lowest BCUT2D eigenvalue weighted by Crippen LogP contribution is -3.00. The van der Waals surface area contributed by atoms with Crippen molar-refractivity contribution in [2.45, 2.75) is 13.1 Å². The predicted molar refractivity (Wildman–Crippen MR) is 86.1 cm³/mol. The second-order valence-corrected chi connectivity index (χ2v) is 8.98. The first kappa shape index (κ1) is 25.6. The van der Waals surface area contributed by atoms with E-state index >= 15 is 0 Å². The number of pyridine rings is 2. The van der Waals surface area contributed by atoms with Gasteiger partial charge in [0.25, 0.3) is 0 Å². The summed E-state index contributed by atoms with van der Waals surface area (Å²) in [6, 6.07) is 7.37. The fraction of sp³-hybridized carbons (Fsp3) is 0.286. The zero-order valence-electron chi connectivity index (χ0n) is 13.6. The molecule has 0 aliphatic heterocycles. The monoisotopic (exact) mass is 532 g/mol. The van der Waals surface area contributed by atoms with Gasteiger partial charge in [-0.15, -0.1) is 0 Å². The van der Waals surface area contributed by atoms with Crippen molar-refractivity contribution in [1.29, 1.82) is 0 Å². The molecule has 4 N–H and O–H groups in total. The van der Waals surface area contributed by atoms with E-state index in [1.165, 1.54) is 0 Å². The topological polar surface area (TPSA) is 123 Å². The average Bonchev–Trinajstić information content (AvgIpc) is 2.51. The van der Waals surface area contributed by atoms with Crippen LogP contribution < -0.4 is 43.1 Å². The Morgan fingerprint density at radius 2 is 0.923 bits per heavy atom. The minimum atomic E-state index is -4.00. The molecule has 2 aromatic rings. The first-order valence-corrected chi connectivity index (χ1v) is 10.8. The Morgan fingerprint density at radius 1 is 0.654 bits per heavy atom. The van der Waals surface area contributed by atoms with Gasteiger partial charge < -0.3 is 53.5 Å². The average molecular weight is 534 g/mol. The molecule has 0 atom stereocenters. The van der Waals surface area contributed by atoms with Crippen molar-refractivity contribution in [3.8, 4) is 11.1 Å². The second-order valence-electron chi connectivity index (χ2n) is 5.43. The van der Waals surface area contributed by atoms with Crippen LogP contribution in [0.4, 0.5) is 0 Å². The molecule has 0 saturated carbocycles. The van der Waals surface area contributed by atoms with Crippen LogP contribution in [0, 0.1) is 0 Å². The maximum absolute atomic E-state index is 10.9. The lowest BCUT2D eigenvalue weighted by molar-refractivity contribution is -0.693. The van der Waals surface area contributed by atoms with Crippen LogP contribution in [0.5, 0.6) is 0 Å². The number of aromatic nitrogens is 2. The van der Waals surface area contributed by atoms with Gasteiger partial charge in [0, 0.05) is 24.3 Å². The third kappa shape index (κ3) is 9.48. The minimum absolute atomic E-state index is 0. The normalized spacial score (nSPS) is 11.4. The summed E-state index contributed by atoms with van der Waals surface area (Å²) in [5, 5.41) is 0. The van der Waals surface area contributed by atoms with E-state index in [1.54, 1.807) is 33.9 Å². The summed E-state index contributed by atoms with van der Waals surface area (Å²) in [5.74, 6) is 0. The zero-order chi connectivity index (χ0) is 17.8. The Labute approximate surface area is 172 Å². The number of aryl methyl sites for hydroxylation is 2. The van der Waals surface area contributed by atoms with Gasteiger partial charge in [-0.2, -0.15) is 0 Å². The fourth-order valence-corrected chi connectivity index (χ4v) is 3.07. The van der Waals surface area contributed by atoms with Crippen LogP contribution in [0.2, 0.25) is 0 Å². The third-order valence-electron chi connectivity index (χ3n) is 3.41. The van der Waals surface area contributed by atoms with Crippen molar-refractivity contribution in [2.24, 2.45) is 0 Å². The molecule has 12 heteroatoms. The van der Waals surface area contributed by atoms with E-state index in [9.17, 15) is 9.13 Å². The zero-order valence-corrected chi connectivity index (χ0v) is 18.6. The number of halogens is 2. The SMILES string of the molecule is O=P(O)(O)CC[n+]1ccc(-c2cc[n+](CCP(=O)(O)O)cc2)cc1.[Br-].[Br-]. The highest BCUT2D eigenvalue weighted by Crippen LogP contribution is 2.33. The van der Waals surface area contributed by atoms with E-state index < -0.39 is 15.2 Å². The van der Waals surface area contributed by atoms with Crippen molar-refractivity contribution in [2.75, 3.05) is 12.3 Å². The molecule has 8 nitrogen and oxygen atoms in total. The maximum Gasteiger partial charge on any atom is 0.331 e. The number of rotatable bonds is 7. The molecule has 146 valence electrons. The van der Waals surface area contributed by atoms with Crippen molar-refractivity contribution < 1.29 is 71.8 Å². The van der Waals surface area contributed by atoms with E-state index in [-0.39, 0.29) is 59.4 Å². The summed E-state index contributed by atoms with van der Waals surface area (Å²) in [5.41, 5.74) is 1.87. The van der Waals surface area contributed by atoms with Gasteiger partial charge in [0.05, 0.1) is 0 Å². The summed E-state index contributed by atoms with van der Waals surface area (Å²) in [6.45, 7) is 0.476. The Balaban J connectivity index is 0.00000312. The van der Waals surface area contributed by atoms with Crippen LogP contribution in [0.15, 0.2) is 49.1 Å². The van der Waals surface area contributed by atoms with E-state index in [2.05, 4.69) is 0 Å². The fourth-order valence-electron chi connectivity index (χ4n) is 2.09. The van der Waals surface area contributed by atoms with Crippen LogP contribution in [0.1, 0.15) is 0 Å². The van der Waals surface area contributed by atoms with Crippen LogP contribution in [-0.2, 0) is 22.2 Å². The molecular formula is C14H20Br2N2O6P2. The van der Waals surface area contributed by atoms with E-state index in [0.29, 0.717) is 0 Å². The molecule has 0 radical (unpaired) electrons. The molecule has 2 aromatic heterocycles. The highest BCUT2D eigenvalue weighted by atomic mass is 79.9. The standard InChI is InChI=1S/C14H18N2O6P2.2BrH/c17-23(18,19)11-9-15-5-1-13(2-6-15)14-3-7-16(8-4-14)10-12-24(20,21)22;;/h1-8H,9-12H2,(H2-2,17,18,19,20,21,22);2*1H. The predicted octanol–water partition coefficient (Wildman–Crippen LogP) is -5.71. The number of nitrogens with zero attached hydrogens (tertiary/aromatic N) is 2. The van der Waals surface area contributed by atoms with Gasteiger partial charge in [-0.05, 0) is 11.1 Å². The summed E-state index contributed by atoms with van der Waals surface area (Å²) in [6.07, 6.45) is 6.59. The number of hydrogen-bond acceptors (Lipinski definition) is 2. The van der Waals surface area contributed by atoms with Gasteiger partial charge in [-0.1, -0.05) is 0 Å². The Kier molecular flexibility index (Phi) is 10.6. The summed E-state index contributed by atoms with van der Waals surface area (Å²) < 4.78 is 25.1. The first-order chi connectivity index (χ1) is 11.1. The summed E-state index contributed by atoms with van der Waals surface area (Å²) in [7, 11) is -8.01. The van der Waals surface area contributed by atoms with Crippen LogP contribution in [-0.4, -0.2) is 31.9 Å². The van der Waals surface area contributed by atoms with Gasteiger partial charge in [0.1, 0.15) is 12.3 Å². The van der Waals surface area contributed by atoms with Crippen molar-refractivity contribution in [1.82, 2.24) is 0 Å². The molecule has 26 heavy (non-hydrogen) atoms. The molecular weight excluding hydrogens is 514 g/mol. The van der Waals surface area contributed by atoms with Crippen LogP contribution in [0.3, 0.4) is 0 Å². The van der Waals surface area contributed by atoms with Crippen molar-refractivity contribution in [3.63, 3.8) is 0 Å². The van der Waals surface area contributed by atoms with Crippen LogP contribution in [0.25, 0.3) is 11.1 Å². The molecule has 0 amide bonds. The molecule has 0 aliphatic carbocycles. The molecule has 0 aromatic carbocycles. The molecule has 2 rings (SSSR count). The molecule has 0 aliphatic rings. The van der Waals surface area contributed by atoms with Gasteiger partial charge in [0.2, 0.25) is 0 Å². The molecule has 0 bridgehead atoms. The highest BCUT2D eigenvalue weighted by Gasteiger charge is 2.17. The molecule has 0 saturated heterocycles. The Morgan fingerprint density at radius 3 is 1.15 bits per heavy atom. The lowest BCUT2D eigenvalue weighted by atomic mass is 10.1. The lowest BCUT2D eigenvalue weighted by Gasteiger charge is -2.03. The van der Waals surface area contributed by atoms with Crippen molar-refractivity contribution >= 4 is 15.2 Å². The molecule has 0 unspecified atom stereocenters. The Bertz CT molecular complexity index is 710. The smallest absolute Gasteiger partial charge is 0.331 e. The van der Waals surface area contributed by atoms with Crippen LogP contribution >= 0.6 is 15.2 Å². The van der Waals surface area contributed by atoms with Gasteiger partial charge in [0.15, 0.2) is 37.9 Å². The largest absolute Gasteiger partial charge is 1.00 e. The maximum atomic E-state index is 10.9. The third-order valence-corrected chi connectivity index (χ3v) is 4.98. The van der Waals surface area contributed by atoms with E-state index in [1.807, 2.05) is 24.3 Å². The van der Waals surface area contributed by atoms with Gasteiger partial charge >= 0.3 is 15.2 Å². The quantitative estimate of drug-likeness (QED) is 0.208. The highest BCUT2D eigenvalue weighted by molar-refractivity contribution is 7.51. The number of hydrogen-bond donors (Lipinski definition) is 4. The summed E-state index contributed by atoms with van der Waals surface area (Å²) in [4.78, 5) is 35.5. The van der Waals surface area contributed by atoms with Gasteiger partial charge in [-0.25, -0.2) is 9.13 Å². The van der Waals surface area contributed by atoms with E-state index in [4.69, 9.17) is 19.6 Å². The molecule has 0 fully saturated rings. The van der Waals surface area contributed by atoms with Crippen molar-refractivity contribution in [3.05, 3.63) is 49.1 Å². The Hall–Kier alpha value is -0.440. The summed E-state index contributed by atoms with van der Waals surface area (Å²) >= 11 is 0. The minimum Gasteiger partial charge on any atom is -1.00 e. The van der Waals surface area contributed by atoms with E-state index in [0.717, 1.165) is 11.1 Å². The first-order valence-electron chi connectivity index (χ1n) is 7.20. The van der Waals surface area contributed by atoms with Gasteiger partial charge in [-0.3, -0.25) is 9.13 Å². The second kappa shape index (κ2) is 10.8.